The molecule has 0 N–H and O–H groups in total. The van der Waals surface area contributed by atoms with Crippen LogP contribution in [0.25, 0.3) is 32.3 Å². The molecule has 4 aromatic carbocycles. The Kier molecular flexibility index (Phi) is 13.1. The third-order valence-electron chi connectivity index (χ3n) is 15.5. The van der Waals surface area contributed by atoms with Gasteiger partial charge in [0.25, 0.3) is 0 Å². The van der Waals surface area contributed by atoms with Gasteiger partial charge in [-0.15, -0.1) is 90.7 Å². The summed E-state index contributed by atoms with van der Waals surface area (Å²) in [7, 11) is 0. The van der Waals surface area contributed by atoms with Gasteiger partial charge >= 0.3 is 0 Å². The summed E-state index contributed by atoms with van der Waals surface area (Å²) >= 11 is 14.8. The molecule has 386 valence electrons. The number of aryl methyl sites for hydroxylation is 16. The molecule has 4 nitrogen and oxygen atoms in total. The standard InChI is InChI=1S/C64H62N4S8/c1-31-23-69-39(9)57(31)65(58-32(2)24-70-40(58)10)51-21-52(66(59-33(3)25-71-41(59)11)60-34(4)26-72-42(60)12)48-19-20-50-54(68(63-37(7)29-75-45(63)15)64-38(8)30-76-46(64)16)22-53(49-18-17-47(51)55(48)56(49)50)67(61-35(5)27-73-43(61)13)62-36(6)28-74-44(62)14/h17-30H,1-16H3. The van der Waals surface area contributed by atoms with E-state index in [2.05, 4.69) is 210 Å². The number of thiophene rings is 8. The molecule has 0 unspecified atom stereocenters. The van der Waals surface area contributed by atoms with Crippen molar-refractivity contribution < 1.29 is 0 Å². The van der Waals surface area contributed by atoms with Crippen molar-refractivity contribution in [1.82, 2.24) is 0 Å². The fourth-order valence-electron chi connectivity index (χ4n) is 12.3. The third-order valence-corrected chi connectivity index (χ3v) is 23.7. The van der Waals surface area contributed by atoms with E-state index in [0.29, 0.717) is 0 Å². The molecular weight excluding hydrogens is 1080 g/mol. The molecule has 12 heteroatoms. The molecule has 0 saturated heterocycles. The van der Waals surface area contributed by atoms with Gasteiger partial charge in [0, 0.05) is 71.3 Å². The van der Waals surface area contributed by atoms with Gasteiger partial charge in [-0.05, 0) is 210 Å². The monoisotopic (exact) mass is 1140 g/mol. The van der Waals surface area contributed by atoms with Gasteiger partial charge in [-0.2, -0.15) is 0 Å². The molecule has 8 aromatic heterocycles. The maximum atomic E-state index is 2.66. The summed E-state index contributed by atoms with van der Waals surface area (Å²) in [5.41, 5.74) is 25.2. The Hall–Kier alpha value is -5.28. The molecule has 0 atom stereocenters. The van der Waals surface area contributed by atoms with Gasteiger partial charge in [-0.3, -0.25) is 0 Å². The first kappa shape index (κ1) is 51.5. The second-order valence-corrected chi connectivity index (χ2v) is 29.5. The molecule has 0 aliphatic carbocycles. The quantitative estimate of drug-likeness (QED) is 0.113. The van der Waals surface area contributed by atoms with E-state index >= 15 is 0 Å². The number of hydrogen-bond donors (Lipinski definition) is 0. The van der Waals surface area contributed by atoms with E-state index in [-0.39, 0.29) is 0 Å². The van der Waals surface area contributed by atoms with E-state index in [1.165, 1.54) is 184 Å². The maximum Gasteiger partial charge on any atom is 0.0627 e. The lowest BCUT2D eigenvalue weighted by atomic mass is 9.88. The topological polar surface area (TPSA) is 13.0 Å². The largest absolute Gasteiger partial charge is 0.307 e. The number of rotatable bonds is 12. The zero-order chi connectivity index (χ0) is 53.5. The summed E-state index contributed by atoms with van der Waals surface area (Å²) < 4.78 is 0. The van der Waals surface area contributed by atoms with Gasteiger partial charge in [-0.25, -0.2) is 0 Å². The molecule has 0 aliphatic rings. The van der Waals surface area contributed by atoms with E-state index in [4.69, 9.17) is 0 Å². The summed E-state index contributed by atoms with van der Waals surface area (Å²) in [5.74, 6) is 0. The molecule has 12 rings (SSSR count). The lowest BCUT2D eigenvalue weighted by Gasteiger charge is -2.35. The number of anilines is 12. The molecule has 0 fully saturated rings. The zero-order valence-corrected chi connectivity index (χ0v) is 52.7. The van der Waals surface area contributed by atoms with Crippen molar-refractivity contribution in [3.8, 4) is 0 Å². The van der Waals surface area contributed by atoms with Gasteiger partial charge in [0.15, 0.2) is 0 Å². The third kappa shape index (κ3) is 7.82. The van der Waals surface area contributed by atoms with Crippen LogP contribution in [0.4, 0.5) is 68.2 Å². The van der Waals surface area contributed by atoms with Crippen molar-refractivity contribution in [1.29, 1.82) is 0 Å². The Bertz CT molecular complexity index is 3370. The first-order chi connectivity index (χ1) is 36.4. The van der Waals surface area contributed by atoms with Crippen LogP contribution < -0.4 is 19.6 Å². The molecular formula is C64H62N4S8. The molecule has 0 amide bonds. The van der Waals surface area contributed by atoms with Crippen molar-refractivity contribution >= 4 is 191 Å². The van der Waals surface area contributed by atoms with Crippen LogP contribution >= 0.6 is 90.7 Å². The van der Waals surface area contributed by atoms with E-state index in [1.54, 1.807) is 0 Å². The van der Waals surface area contributed by atoms with Gasteiger partial charge in [0.05, 0.1) is 68.2 Å². The van der Waals surface area contributed by atoms with E-state index < -0.39 is 0 Å². The van der Waals surface area contributed by atoms with E-state index in [0.717, 1.165) is 0 Å². The summed E-state index contributed by atoms with van der Waals surface area (Å²) in [5, 5.41) is 26.3. The first-order valence-electron chi connectivity index (χ1n) is 25.7. The second kappa shape index (κ2) is 19.3. The van der Waals surface area contributed by atoms with Crippen LogP contribution in [0.2, 0.25) is 0 Å². The lowest BCUT2D eigenvalue weighted by molar-refractivity contribution is 1.21. The van der Waals surface area contributed by atoms with Crippen molar-refractivity contribution in [2.45, 2.75) is 111 Å². The summed E-state index contributed by atoms with van der Waals surface area (Å²) in [4.78, 5) is 21.1. The number of hydrogen-bond acceptors (Lipinski definition) is 12. The van der Waals surface area contributed by atoms with Crippen molar-refractivity contribution in [2.75, 3.05) is 19.6 Å². The summed E-state index contributed by atoms with van der Waals surface area (Å²) in [6, 6.07) is 15.1. The van der Waals surface area contributed by atoms with Gasteiger partial charge in [0.2, 0.25) is 0 Å². The summed E-state index contributed by atoms with van der Waals surface area (Å²) in [6.45, 7) is 36.9. The average molecular weight is 1140 g/mol. The van der Waals surface area contributed by atoms with Gasteiger partial charge < -0.3 is 19.6 Å². The fraction of sp³-hybridized carbons (Fsp3) is 0.250. The SMILES string of the molecule is Cc1csc(C)c1N(c1c(C)csc1C)c1cc(N(c2c(C)csc2C)c2c(C)csc2C)c2ccc3c(N(c4c(C)csc4C)c4c(C)csc4C)cc(N(c4c(C)csc4C)c4c(C)csc4C)c4ccc1c2c43. The van der Waals surface area contributed by atoms with E-state index in [1.807, 2.05) is 90.7 Å². The average Bonchev–Trinajstić information content (AvgIpc) is 4.37. The maximum absolute atomic E-state index is 2.66. The predicted molar refractivity (Wildman–Crippen MR) is 348 cm³/mol. The Balaban J connectivity index is 1.35. The highest BCUT2D eigenvalue weighted by Gasteiger charge is 2.34. The smallest absolute Gasteiger partial charge is 0.0627 e. The molecule has 76 heavy (non-hydrogen) atoms. The molecule has 0 aliphatic heterocycles. The predicted octanol–water partition coefficient (Wildman–Crippen LogP) is 23.9. The molecule has 0 spiro atoms. The first-order valence-corrected chi connectivity index (χ1v) is 32.8. The van der Waals surface area contributed by atoms with Crippen molar-refractivity contribution in [3.05, 3.63) is 163 Å². The van der Waals surface area contributed by atoms with Crippen LogP contribution in [0.1, 0.15) is 83.5 Å². The normalized spacial score (nSPS) is 11.9. The highest BCUT2D eigenvalue weighted by atomic mass is 32.1. The van der Waals surface area contributed by atoms with Gasteiger partial charge in [0.1, 0.15) is 0 Å². The molecule has 0 radical (unpaired) electrons. The van der Waals surface area contributed by atoms with Crippen LogP contribution in [0.3, 0.4) is 0 Å². The fourth-order valence-corrected chi connectivity index (χ4v) is 18.9. The van der Waals surface area contributed by atoms with Crippen LogP contribution in [0.5, 0.6) is 0 Å². The highest BCUT2D eigenvalue weighted by Crippen LogP contribution is 2.59. The van der Waals surface area contributed by atoms with Crippen molar-refractivity contribution in [2.24, 2.45) is 0 Å². The minimum Gasteiger partial charge on any atom is -0.307 e. The Labute approximate surface area is 480 Å². The number of nitrogens with zero attached hydrogens (tertiary/aromatic N) is 4. The molecule has 0 saturated carbocycles. The van der Waals surface area contributed by atoms with Crippen molar-refractivity contribution in [3.63, 3.8) is 0 Å². The van der Waals surface area contributed by atoms with E-state index in [9.17, 15) is 0 Å². The van der Waals surface area contributed by atoms with Crippen LogP contribution in [0.15, 0.2) is 79.4 Å². The highest BCUT2D eigenvalue weighted by molar-refractivity contribution is 7.13. The minimum atomic E-state index is 1.19. The Morgan fingerprint density at radius 1 is 0.224 bits per heavy atom. The molecule has 0 bridgehead atoms. The minimum absolute atomic E-state index is 1.19. The van der Waals surface area contributed by atoms with Crippen LogP contribution in [-0.4, -0.2) is 0 Å². The van der Waals surface area contributed by atoms with Crippen LogP contribution in [-0.2, 0) is 0 Å². The Morgan fingerprint density at radius 3 is 0.487 bits per heavy atom. The molecule has 8 heterocycles. The van der Waals surface area contributed by atoms with Gasteiger partial charge in [-0.1, -0.05) is 24.3 Å². The van der Waals surface area contributed by atoms with Crippen LogP contribution in [0, 0.1) is 111 Å². The zero-order valence-electron chi connectivity index (χ0n) is 46.1. The lowest BCUT2D eigenvalue weighted by Crippen LogP contribution is -2.18. The molecule has 12 aromatic rings. The second-order valence-electron chi connectivity index (χ2n) is 20.8. The number of benzene rings is 4. The Morgan fingerprint density at radius 2 is 0.368 bits per heavy atom. The summed E-state index contributed by atoms with van der Waals surface area (Å²) in [6.07, 6.45) is 0.